The van der Waals surface area contributed by atoms with Gasteiger partial charge in [0.15, 0.2) is 0 Å². The lowest BCUT2D eigenvalue weighted by molar-refractivity contribution is -0.134. The lowest BCUT2D eigenvalue weighted by Crippen LogP contribution is -2.37. The summed E-state index contributed by atoms with van der Waals surface area (Å²) in [6.07, 6.45) is 0. The van der Waals surface area contributed by atoms with Crippen LogP contribution in [-0.4, -0.2) is 29.0 Å². The van der Waals surface area contributed by atoms with E-state index in [1.54, 1.807) is 37.3 Å². The van der Waals surface area contributed by atoms with Crippen LogP contribution < -0.4 is 10.2 Å². The van der Waals surface area contributed by atoms with Crippen molar-refractivity contribution in [2.45, 2.75) is 6.92 Å². The number of amides is 2. The molecule has 0 fully saturated rings. The number of benzene rings is 1. The van der Waals surface area contributed by atoms with E-state index in [1.165, 1.54) is 24.1 Å². The normalized spacial score (nSPS) is 10.0. The van der Waals surface area contributed by atoms with Crippen LogP contribution in [0.3, 0.4) is 0 Å². The second-order valence-corrected chi connectivity index (χ2v) is 4.50. The number of aryl methyl sites for hydroxylation is 1. The van der Waals surface area contributed by atoms with Crippen molar-refractivity contribution >= 4 is 23.3 Å². The Morgan fingerprint density at radius 3 is 2.43 bits per heavy atom. The summed E-state index contributed by atoms with van der Waals surface area (Å²) in [4.78, 5) is 29.3. The summed E-state index contributed by atoms with van der Waals surface area (Å²) in [5, 5.41) is 11.7. The third kappa shape index (κ3) is 3.56. The first-order valence-electron chi connectivity index (χ1n) is 6.29. The Morgan fingerprint density at radius 2 is 1.81 bits per heavy atom. The Morgan fingerprint density at radius 1 is 1.14 bits per heavy atom. The van der Waals surface area contributed by atoms with Crippen molar-refractivity contribution in [3.05, 3.63) is 48.2 Å². The molecular formula is C15H15N3O3. The molecule has 6 heteroatoms. The van der Waals surface area contributed by atoms with Gasteiger partial charge < -0.3 is 15.3 Å². The number of phenolic OH excluding ortho intramolecular Hbond substituents is 1. The number of likely N-dealkylation sites (N-methyl/N-ethyl adjacent to an activating group) is 1. The van der Waals surface area contributed by atoms with E-state index < -0.39 is 11.8 Å². The highest BCUT2D eigenvalue weighted by Gasteiger charge is 2.20. The summed E-state index contributed by atoms with van der Waals surface area (Å²) in [6.45, 7) is 1.79. The highest BCUT2D eigenvalue weighted by atomic mass is 16.3. The molecule has 108 valence electrons. The molecule has 0 aliphatic carbocycles. The average Bonchev–Trinajstić information content (AvgIpc) is 2.46. The van der Waals surface area contributed by atoms with Gasteiger partial charge in [-0.1, -0.05) is 6.07 Å². The largest absolute Gasteiger partial charge is 0.508 e. The molecule has 0 spiro atoms. The maximum absolute atomic E-state index is 12.0. The first-order valence-corrected chi connectivity index (χ1v) is 6.29. The minimum Gasteiger partial charge on any atom is -0.508 e. The van der Waals surface area contributed by atoms with Crippen molar-refractivity contribution < 1.29 is 14.7 Å². The number of anilines is 2. The molecule has 0 aliphatic rings. The molecule has 21 heavy (non-hydrogen) atoms. The van der Waals surface area contributed by atoms with E-state index in [0.29, 0.717) is 11.5 Å². The number of carbonyl (C=O) groups excluding carboxylic acids is 2. The summed E-state index contributed by atoms with van der Waals surface area (Å²) in [7, 11) is 1.48. The van der Waals surface area contributed by atoms with Gasteiger partial charge in [0.2, 0.25) is 0 Å². The summed E-state index contributed by atoms with van der Waals surface area (Å²) >= 11 is 0. The molecule has 0 saturated carbocycles. The molecule has 1 heterocycles. The molecule has 2 rings (SSSR count). The summed E-state index contributed by atoms with van der Waals surface area (Å²) in [6, 6.07) is 11.1. The molecule has 0 bridgehead atoms. The summed E-state index contributed by atoms with van der Waals surface area (Å²) in [5.74, 6) is -1.08. The number of phenols is 1. The van der Waals surface area contributed by atoms with Crippen LogP contribution >= 0.6 is 0 Å². The SMILES string of the molecule is Cc1cccc(NC(=O)C(=O)N(C)c2ccc(O)cc2)n1. The zero-order valence-corrected chi connectivity index (χ0v) is 11.7. The number of hydrogen-bond acceptors (Lipinski definition) is 4. The Balaban J connectivity index is 2.08. The third-order valence-corrected chi connectivity index (χ3v) is 2.87. The van der Waals surface area contributed by atoms with E-state index in [1.807, 2.05) is 0 Å². The van der Waals surface area contributed by atoms with Crippen molar-refractivity contribution in [2.75, 3.05) is 17.3 Å². The van der Waals surface area contributed by atoms with Gasteiger partial charge in [0.05, 0.1) is 0 Å². The number of hydrogen-bond donors (Lipinski definition) is 2. The van der Waals surface area contributed by atoms with Crippen molar-refractivity contribution in [3.63, 3.8) is 0 Å². The minimum absolute atomic E-state index is 0.0908. The van der Waals surface area contributed by atoms with Crippen LogP contribution in [0, 0.1) is 6.92 Å². The van der Waals surface area contributed by atoms with Crippen LogP contribution in [0.1, 0.15) is 5.69 Å². The van der Waals surface area contributed by atoms with Gasteiger partial charge in [0.25, 0.3) is 0 Å². The lowest BCUT2D eigenvalue weighted by atomic mass is 10.2. The second-order valence-electron chi connectivity index (χ2n) is 4.50. The molecule has 0 aliphatic heterocycles. The molecule has 0 unspecified atom stereocenters. The zero-order valence-electron chi connectivity index (χ0n) is 11.7. The highest BCUT2D eigenvalue weighted by Crippen LogP contribution is 2.17. The molecule has 0 atom stereocenters. The molecule has 0 saturated heterocycles. The van der Waals surface area contributed by atoms with Crippen LogP contribution in [-0.2, 0) is 9.59 Å². The van der Waals surface area contributed by atoms with Crippen LogP contribution in [0.4, 0.5) is 11.5 Å². The molecule has 2 amide bonds. The predicted octanol–water partition coefficient (Wildman–Crippen LogP) is 1.70. The van der Waals surface area contributed by atoms with E-state index in [-0.39, 0.29) is 5.75 Å². The standard InChI is InChI=1S/C15H15N3O3/c1-10-4-3-5-13(16-10)17-14(20)15(21)18(2)11-6-8-12(19)9-7-11/h3-9,19H,1-2H3,(H,16,17,20). The molecular weight excluding hydrogens is 270 g/mol. The van der Waals surface area contributed by atoms with E-state index in [2.05, 4.69) is 10.3 Å². The number of carbonyl (C=O) groups is 2. The van der Waals surface area contributed by atoms with Gasteiger partial charge in [-0.3, -0.25) is 9.59 Å². The van der Waals surface area contributed by atoms with Gasteiger partial charge in [-0.15, -0.1) is 0 Å². The predicted molar refractivity (Wildman–Crippen MR) is 79.1 cm³/mol. The quantitative estimate of drug-likeness (QED) is 0.823. The third-order valence-electron chi connectivity index (χ3n) is 2.87. The van der Waals surface area contributed by atoms with Crippen molar-refractivity contribution in [1.29, 1.82) is 0 Å². The maximum atomic E-state index is 12.0. The minimum atomic E-state index is -0.774. The first kappa shape index (κ1) is 14.5. The van der Waals surface area contributed by atoms with Crippen LogP contribution in [0.15, 0.2) is 42.5 Å². The summed E-state index contributed by atoms with van der Waals surface area (Å²) in [5.41, 5.74) is 1.25. The van der Waals surface area contributed by atoms with Crippen molar-refractivity contribution in [2.24, 2.45) is 0 Å². The topological polar surface area (TPSA) is 82.5 Å². The van der Waals surface area contributed by atoms with Gasteiger partial charge in [-0.05, 0) is 43.3 Å². The Kier molecular flexibility index (Phi) is 4.18. The number of aromatic hydroxyl groups is 1. The molecule has 2 aromatic rings. The van der Waals surface area contributed by atoms with Crippen molar-refractivity contribution in [1.82, 2.24) is 4.98 Å². The van der Waals surface area contributed by atoms with Crippen LogP contribution in [0.5, 0.6) is 5.75 Å². The maximum Gasteiger partial charge on any atom is 0.316 e. The Labute approximate surface area is 122 Å². The van der Waals surface area contributed by atoms with Gasteiger partial charge in [-0.25, -0.2) is 4.98 Å². The number of rotatable bonds is 2. The van der Waals surface area contributed by atoms with Crippen molar-refractivity contribution in [3.8, 4) is 5.75 Å². The lowest BCUT2D eigenvalue weighted by Gasteiger charge is -2.16. The number of pyridine rings is 1. The van der Waals surface area contributed by atoms with E-state index in [9.17, 15) is 14.7 Å². The van der Waals surface area contributed by atoms with Gasteiger partial charge in [0, 0.05) is 18.4 Å². The number of nitrogens with zero attached hydrogens (tertiary/aromatic N) is 2. The Hall–Kier alpha value is -2.89. The fourth-order valence-electron chi connectivity index (χ4n) is 1.73. The molecule has 1 aromatic carbocycles. The van der Waals surface area contributed by atoms with E-state index >= 15 is 0 Å². The fraction of sp³-hybridized carbons (Fsp3) is 0.133. The molecule has 0 radical (unpaired) electrons. The van der Waals surface area contributed by atoms with Crippen LogP contribution in [0.25, 0.3) is 0 Å². The Bertz CT molecular complexity index is 668. The zero-order chi connectivity index (χ0) is 15.4. The van der Waals surface area contributed by atoms with Crippen LogP contribution in [0.2, 0.25) is 0 Å². The fourth-order valence-corrected chi connectivity index (χ4v) is 1.73. The first-order chi connectivity index (χ1) is 9.97. The van der Waals surface area contributed by atoms with Gasteiger partial charge >= 0.3 is 11.8 Å². The average molecular weight is 285 g/mol. The van der Waals surface area contributed by atoms with E-state index in [4.69, 9.17) is 0 Å². The van der Waals surface area contributed by atoms with Gasteiger partial charge in [-0.2, -0.15) is 0 Å². The van der Waals surface area contributed by atoms with E-state index in [0.717, 1.165) is 5.69 Å². The van der Waals surface area contributed by atoms with Gasteiger partial charge in [0.1, 0.15) is 11.6 Å². The smallest absolute Gasteiger partial charge is 0.316 e. The number of nitrogens with one attached hydrogen (secondary N) is 1. The summed E-state index contributed by atoms with van der Waals surface area (Å²) < 4.78 is 0. The molecule has 2 N–H and O–H groups in total. The number of aromatic nitrogens is 1. The highest BCUT2D eigenvalue weighted by molar-refractivity contribution is 6.44. The monoisotopic (exact) mass is 285 g/mol. The molecule has 6 nitrogen and oxygen atoms in total. The molecule has 1 aromatic heterocycles. The second kappa shape index (κ2) is 6.04.